The van der Waals surface area contributed by atoms with Gasteiger partial charge >= 0.3 is 0 Å². The summed E-state index contributed by atoms with van der Waals surface area (Å²) in [5.41, 5.74) is 1.29. The molecule has 1 heterocycles. The van der Waals surface area contributed by atoms with Crippen LogP contribution in [0, 0.1) is 0 Å². The van der Waals surface area contributed by atoms with Crippen LogP contribution in [0.15, 0.2) is 42.7 Å². The van der Waals surface area contributed by atoms with Gasteiger partial charge in [0.1, 0.15) is 5.75 Å². The van der Waals surface area contributed by atoms with Gasteiger partial charge in [0, 0.05) is 19.3 Å². The third-order valence-electron chi connectivity index (χ3n) is 3.43. The molecule has 1 N–H and O–H groups in total. The number of aromatic nitrogens is 2. The molecule has 0 aliphatic rings. The van der Waals surface area contributed by atoms with Crippen molar-refractivity contribution in [3.63, 3.8) is 0 Å². The number of aryl methyl sites for hydroxylation is 2. The summed E-state index contributed by atoms with van der Waals surface area (Å²) in [4.78, 5) is 0. The molecule has 0 amide bonds. The SMILES string of the molecule is CNC(CCOc1ccccc1)CCc1cnn(C)c1. The highest BCUT2D eigenvalue weighted by Crippen LogP contribution is 2.11. The van der Waals surface area contributed by atoms with Crippen molar-refractivity contribution < 1.29 is 4.74 Å². The molecule has 108 valence electrons. The minimum atomic E-state index is 0.471. The summed E-state index contributed by atoms with van der Waals surface area (Å²) in [6.07, 6.45) is 7.16. The maximum atomic E-state index is 5.74. The Morgan fingerprint density at radius 3 is 2.70 bits per heavy atom. The van der Waals surface area contributed by atoms with E-state index in [4.69, 9.17) is 4.74 Å². The summed E-state index contributed by atoms with van der Waals surface area (Å²) in [7, 11) is 3.96. The number of ether oxygens (including phenoxy) is 1. The third kappa shape index (κ3) is 4.70. The van der Waals surface area contributed by atoms with E-state index in [2.05, 4.69) is 16.6 Å². The van der Waals surface area contributed by atoms with Crippen LogP contribution in [0.2, 0.25) is 0 Å². The fraction of sp³-hybridized carbons (Fsp3) is 0.438. The molecule has 1 aromatic heterocycles. The Labute approximate surface area is 120 Å². The van der Waals surface area contributed by atoms with E-state index in [1.165, 1.54) is 5.56 Å². The van der Waals surface area contributed by atoms with Crippen molar-refractivity contribution in [2.75, 3.05) is 13.7 Å². The third-order valence-corrected chi connectivity index (χ3v) is 3.43. The number of nitrogens with one attached hydrogen (secondary N) is 1. The number of para-hydroxylation sites is 1. The van der Waals surface area contributed by atoms with Gasteiger partial charge in [-0.05, 0) is 44.0 Å². The van der Waals surface area contributed by atoms with Crippen LogP contribution in [0.25, 0.3) is 0 Å². The molecule has 0 fully saturated rings. The highest BCUT2D eigenvalue weighted by molar-refractivity contribution is 5.20. The highest BCUT2D eigenvalue weighted by atomic mass is 16.5. The van der Waals surface area contributed by atoms with E-state index in [0.717, 1.165) is 31.6 Å². The van der Waals surface area contributed by atoms with Gasteiger partial charge in [-0.15, -0.1) is 0 Å². The smallest absolute Gasteiger partial charge is 0.119 e. The molecule has 2 rings (SSSR count). The number of nitrogens with zero attached hydrogens (tertiary/aromatic N) is 2. The summed E-state index contributed by atoms with van der Waals surface area (Å²) in [6.45, 7) is 0.739. The van der Waals surface area contributed by atoms with Gasteiger partial charge in [0.2, 0.25) is 0 Å². The second kappa shape index (κ2) is 7.70. The molecule has 4 heteroatoms. The largest absolute Gasteiger partial charge is 0.494 e. The van der Waals surface area contributed by atoms with Crippen molar-refractivity contribution in [2.45, 2.75) is 25.3 Å². The van der Waals surface area contributed by atoms with Crippen LogP contribution in [-0.2, 0) is 13.5 Å². The maximum absolute atomic E-state index is 5.74. The minimum Gasteiger partial charge on any atom is -0.494 e. The second-order valence-electron chi connectivity index (χ2n) is 5.00. The van der Waals surface area contributed by atoms with E-state index >= 15 is 0 Å². The fourth-order valence-electron chi connectivity index (χ4n) is 2.21. The molecular weight excluding hydrogens is 250 g/mol. The van der Waals surface area contributed by atoms with Gasteiger partial charge in [-0.25, -0.2) is 0 Å². The normalized spacial score (nSPS) is 12.3. The summed E-state index contributed by atoms with van der Waals surface area (Å²) < 4.78 is 7.59. The van der Waals surface area contributed by atoms with Crippen molar-refractivity contribution in [1.82, 2.24) is 15.1 Å². The lowest BCUT2D eigenvalue weighted by Gasteiger charge is -2.16. The number of rotatable bonds is 8. The lowest BCUT2D eigenvalue weighted by atomic mass is 10.1. The van der Waals surface area contributed by atoms with E-state index in [9.17, 15) is 0 Å². The van der Waals surface area contributed by atoms with E-state index < -0.39 is 0 Å². The molecule has 4 nitrogen and oxygen atoms in total. The first-order chi connectivity index (χ1) is 9.78. The molecule has 20 heavy (non-hydrogen) atoms. The second-order valence-corrected chi connectivity index (χ2v) is 5.00. The Kier molecular flexibility index (Phi) is 5.62. The molecular formula is C16H23N3O. The molecule has 0 saturated heterocycles. The van der Waals surface area contributed by atoms with Crippen LogP contribution >= 0.6 is 0 Å². The maximum Gasteiger partial charge on any atom is 0.119 e. The first kappa shape index (κ1) is 14.6. The van der Waals surface area contributed by atoms with Crippen LogP contribution in [-0.4, -0.2) is 29.5 Å². The molecule has 1 aromatic carbocycles. The van der Waals surface area contributed by atoms with Crippen molar-refractivity contribution in [2.24, 2.45) is 7.05 Å². The van der Waals surface area contributed by atoms with Crippen LogP contribution in [0.4, 0.5) is 0 Å². The van der Waals surface area contributed by atoms with Crippen molar-refractivity contribution in [1.29, 1.82) is 0 Å². The van der Waals surface area contributed by atoms with Gasteiger partial charge in [0.05, 0.1) is 12.8 Å². The lowest BCUT2D eigenvalue weighted by molar-refractivity contribution is 0.285. The highest BCUT2D eigenvalue weighted by Gasteiger charge is 2.07. The van der Waals surface area contributed by atoms with Crippen molar-refractivity contribution >= 4 is 0 Å². The Morgan fingerprint density at radius 1 is 1.25 bits per heavy atom. The van der Waals surface area contributed by atoms with E-state index in [1.807, 2.05) is 55.3 Å². The van der Waals surface area contributed by atoms with Gasteiger partial charge in [0.15, 0.2) is 0 Å². The summed E-state index contributed by atoms with van der Waals surface area (Å²) >= 11 is 0. The Hall–Kier alpha value is -1.81. The zero-order chi connectivity index (χ0) is 14.2. The minimum absolute atomic E-state index is 0.471. The van der Waals surface area contributed by atoms with Crippen LogP contribution in [0.5, 0.6) is 5.75 Å². The molecule has 0 spiro atoms. The van der Waals surface area contributed by atoms with Gasteiger partial charge in [-0.1, -0.05) is 18.2 Å². The number of hydrogen-bond donors (Lipinski definition) is 1. The summed E-state index contributed by atoms with van der Waals surface area (Å²) in [5, 5.41) is 7.55. The van der Waals surface area contributed by atoms with Gasteiger partial charge in [-0.3, -0.25) is 4.68 Å². The van der Waals surface area contributed by atoms with Crippen LogP contribution < -0.4 is 10.1 Å². The molecule has 0 saturated carbocycles. The zero-order valence-electron chi connectivity index (χ0n) is 12.2. The molecule has 1 unspecified atom stereocenters. The standard InChI is InChI=1S/C16H23N3O/c1-17-15(9-8-14-12-18-19(2)13-14)10-11-20-16-6-4-3-5-7-16/h3-7,12-13,15,17H,8-11H2,1-2H3. The fourth-order valence-corrected chi connectivity index (χ4v) is 2.21. The zero-order valence-corrected chi connectivity index (χ0v) is 12.2. The predicted molar refractivity (Wildman–Crippen MR) is 80.9 cm³/mol. The quantitative estimate of drug-likeness (QED) is 0.803. The van der Waals surface area contributed by atoms with Crippen LogP contribution in [0.1, 0.15) is 18.4 Å². The van der Waals surface area contributed by atoms with Crippen LogP contribution in [0.3, 0.4) is 0 Å². The molecule has 0 bridgehead atoms. The number of hydrogen-bond acceptors (Lipinski definition) is 3. The van der Waals surface area contributed by atoms with E-state index in [0.29, 0.717) is 6.04 Å². The lowest BCUT2D eigenvalue weighted by Crippen LogP contribution is -2.27. The predicted octanol–water partition coefficient (Wildman–Crippen LogP) is 2.41. The van der Waals surface area contributed by atoms with Crippen molar-refractivity contribution in [3.8, 4) is 5.75 Å². The van der Waals surface area contributed by atoms with E-state index in [-0.39, 0.29) is 0 Å². The first-order valence-electron chi connectivity index (χ1n) is 7.10. The van der Waals surface area contributed by atoms with Gasteiger partial charge in [-0.2, -0.15) is 5.10 Å². The average molecular weight is 273 g/mol. The Morgan fingerprint density at radius 2 is 2.05 bits per heavy atom. The van der Waals surface area contributed by atoms with E-state index in [1.54, 1.807) is 0 Å². The molecule has 0 aliphatic heterocycles. The topological polar surface area (TPSA) is 39.1 Å². The summed E-state index contributed by atoms with van der Waals surface area (Å²) in [6, 6.07) is 10.4. The van der Waals surface area contributed by atoms with Gasteiger partial charge in [0.25, 0.3) is 0 Å². The average Bonchev–Trinajstić information content (AvgIpc) is 2.89. The summed E-state index contributed by atoms with van der Waals surface area (Å²) in [5.74, 6) is 0.939. The molecule has 0 aliphatic carbocycles. The first-order valence-corrected chi connectivity index (χ1v) is 7.10. The molecule has 0 radical (unpaired) electrons. The van der Waals surface area contributed by atoms with Gasteiger partial charge < -0.3 is 10.1 Å². The Bertz CT molecular complexity index is 495. The number of benzene rings is 1. The monoisotopic (exact) mass is 273 g/mol. The van der Waals surface area contributed by atoms with Crippen molar-refractivity contribution in [3.05, 3.63) is 48.3 Å². The molecule has 1 atom stereocenters. The molecule has 2 aromatic rings. The Balaban J connectivity index is 1.69.